The Balaban J connectivity index is 2.18. The molecule has 2 rings (SSSR count). The fourth-order valence-electron chi connectivity index (χ4n) is 1.82. The first kappa shape index (κ1) is 17.2. The molecule has 0 saturated carbocycles. The minimum atomic E-state index is -0.756. The molecule has 0 aliphatic heterocycles. The third kappa shape index (κ3) is 4.20. The fourth-order valence-corrected chi connectivity index (χ4v) is 2.29. The van der Waals surface area contributed by atoms with Crippen LogP contribution in [0.4, 0.5) is 20.2 Å². The molecule has 4 nitrogen and oxygen atoms in total. The predicted molar refractivity (Wildman–Crippen MR) is 90.8 cm³/mol. The van der Waals surface area contributed by atoms with Crippen LogP contribution < -0.4 is 20.1 Å². The highest BCUT2D eigenvalue weighted by Crippen LogP contribution is 2.36. The molecule has 0 bridgehead atoms. The van der Waals surface area contributed by atoms with Gasteiger partial charge in [-0.05, 0) is 30.4 Å². The van der Waals surface area contributed by atoms with Crippen molar-refractivity contribution in [2.45, 2.75) is 0 Å². The van der Waals surface area contributed by atoms with Gasteiger partial charge in [0.1, 0.15) is 23.1 Å². The molecule has 2 N–H and O–H groups in total. The van der Waals surface area contributed by atoms with Crippen molar-refractivity contribution in [3.8, 4) is 11.5 Å². The summed E-state index contributed by atoms with van der Waals surface area (Å²) in [5.74, 6) is -0.545. The number of methoxy groups -OCH3 is 2. The Morgan fingerprint density at radius 3 is 2.26 bits per heavy atom. The lowest BCUT2D eigenvalue weighted by Crippen LogP contribution is -2.20. The number of anilines is 2. The zero-order valence-electron chi connectivity index (χ0n) is 12.2. The molecule has 0 aliphatic rings. The van der Waals surface area contributed by atoms with Gasteiger partial charge in [-0.1, -0.05) is 11.6 Å². The first-order valence-corrected chi connectivity index (χ1v) is 7.17. The molecule has 0 aromatic heterocycles. The van der Waals surface area contributed by atoms with Crippen LogP contribution in [0, 0.1) is 11.6 Å². The number of ether oxygens (including phenoxy) is 2. The van der Waals surface area contributed by atoms with E-state index in [4.69, 9.17) is 33.3 Å². The summed E-state index contributed by atoms with van der Waals surface area (Å²) in [6, 6.07) is 6.28. The van der Waals surface area contributed by atoms with Crippen LogP contribution in [-0.4, -0.2) is 19.3 Å². The van der Waals surface area contributed by atoms with Crippen LogP contribution in [0.3, 0.4) is 0 Å². The van der Waals surface area contributed by atoms with Gasteiger partial charge < -0.3 is 20.1 Å². The van der Waals surface area contributed by atoms with Gasteiger partial charge in [-0.2, -0.15) is 0 Å². The number of hydrogen-bond donors (Lipinski definition) is 2. The molecule has 0 saturated heterocycles. The Bertz CT molecular complexity index is 744. The molecular weight excluding hydrogens is 346 g/mol. The smallest absolute Gasteiger partial charge is 0.175 e. The summed E-state index contributed by atoms with van der Waals surface area (Å²) < 4.78 is 36.8. The molecule has 23 heavy (non-hydrogen) atoms. The Morgan fingerprint density at radius 2 is 1.65 bits per heavy atom. The summed E-state index contributed by atoms with van der Waals surface area (Å²) in [5, 5.41) is 5.92. The van der Waals surface area contributed by atoms with Crippen molar-refractivity contribution < 1.29 is 18.3 Å². The third-order valence-corrected chi connectivity index (χ3v) is 3.40. The van der Waals surface area contributed by atoms with E-state index >= 15 is 0 Å². The first-order valence-electron chi connectivity index (χ1n) is 6.39. The van der Waals surface area contributed by atoms with Crippen molar-refractivity contribution in [1.29, 1.82) is 0 Å². The molecule has 0 unspecified atom stereocenters. The lowest BCUT2D eigenvalue weighted by molar-refractivity contribution is 0.396. The van der Waals surface area contributed by atoms with Crippen LogP contribution in [-0.2, 0) is 0 Å². The molecule has 122 valence electrons. The van der Waals surface area contributed by atoms with E-state index in [1.54, 1.807) is 12.1 Å². The predicted octanol–water partition coefficient (Wildman–Crippen LogP) is 4.44. The highest BCUT2D eigenvalue weighted by Gasteiger charge is 2.12. The van der Waals surface area contributed by atoms with E-state index in [9.17, 15) is 8.78 Å². The monoisotopic (exact) mass is 358 g/mol. The molecule has 0 atom stereocenters. The van der Waals surface area contributed by atoms with Gasteiger partial charge in [-0.15, -0.1) is 0 Å². The van der Waals surface area contributed by atoms with Crippen LogP contribution in [0.15, 0.2) is 30.3 Å². The number of halogens is 3. The third-order valence-electron chi connectivity index (χ3n) is 2.90. The van der Waals surface area contributed by atoms with Crippen LogP contribution >= 0.6 is 23.8 Å². The standard InChI is InChI=1S/C15H13ClF2N2O2S/c1-21-13-7-14(22-2)12(6-9(13)16)20-15(23)19-11-4-3-8(17)5-10(11)18/h3-7H,1-2H3,(H2,19,20,23). The molecule has 0 spiro atoms. The van der Waals surface area contributed by atoms with Crippen molar-refractivity contribution in [2.75, 3.05) is 24.9 Å². The second-order valence-corrected chi connectivity index (χ2v) is 5.21. The fraction of sp³-hybridized carbons (Fsp3) is 0.133. The molecule has 2 aromatic carbocycles. The minimum absolute atomic E-state index is 0.0440. The highest BCUT2D eigenvalue weighted by molar-refractivity contribution is 7.80. The number of nitrogens with one attached hydrogen (secondary N) is 2. The Morgan fingerprint density at radius 1 is 1.00 bits per heavy atom. The maximum Gasteiger partial charge on any atom is 0.175 e. The van der Waals surface area contributed by atoms with Crippen molar-refractivity contribution in [1.82, 2.24) is 0 Å². The van der Waals surface area contributed by atoms with E-state index in [0.29, 0.717) is 22.2 Å². The summed E-state index contributed by atoms with van der Waals surface area (Å²) in [4.78, 5) is 0. The van der Waals surface area contributed by atoms with E-state index in [0.717, 1.165) is 12.1 Å². The summed E-state index contributed by atoms with van der Waals surface area (Å²) in [6.45, 7) is 0. The number of rotatable bonds is 4. The van der Waals surface area contributed by atoms with Gasteiger partial charge in [0.25, 0.3) is 0 Å². The van der Waals surface area contributed by atoms with Gasteiger partial charge in [0.2, 0.25) is 0 Å². The van der Waals surface area contributed by atoms with E-state index in [1.165, 1.54) is 20.3 Å². The van der Waals surface area contributed by atoms with E-state index in [-0.39, 0.29) is 10.8 Å². The second kappa shape index (κ2) is 7.43. The average Bonchev–Trinajstić information content (AvgIpc) is 2.50. The molecule has 0 fully saturated rings. The van der Waals surface area contributed by atoms with E-state index in [1.807, 2.05) is 0 Å². The Kier molecular flexibility index (Phi) is 5.57. The zero-order chi connectivity index (χ0) is 17.0. The van der Waals surface area contributed by atoms with Gasteiger partial charge >= 0.3 is 0 Å². The molecule has 0 aliphatic carbocycles. The second-order valence-electron chi connectivity index (χ2n) is 4.39. The summed E-state index contributed by atoms with van der Waals surface area (Å²) in [5.41, 5.74) is 0.515. The maximum atomic E-state index is 13.6. The molecule has 8 heteroatoms. The number of hydrogen-bond acceptors (Lipinski definition) is 3. The van der Waals surface area contributed by atoms with Crippen LogP contribution in [0.5, 0.6) is 11.5 Å². The van der Waals surface area contributed by atoms with Gasteiger partial charge in [-0.25, -0.2) is 8.78 Å². The van der Waals surface area contributed by atoms with Gasteiger partial charge in [-0.3, -0.25) is 0 Å². The molecular formula is C15H13ClF2N2O2S. The summed E-state index contributed by atoms with van der Waals surface area (Å²) in [7, 11) is 2.96. The molecule has 2 aromatic rings. The highest BCUT2D eigenvalue weighted by atomic mass is 35.5. The maximum absolute atomic E-state index is 13.6. The van der Waals surface area contributed by atoms with E-state index in [2.05, 4.69) is 10.6 Å². The molecule has 0 heterocycles. The topological polar surface area (TPSA) is 42.5 Å². The molecule has 0 radical (unpaired) electrons. The van der Waals surface area contributed by atoms with Gasteiger partial charge in [0.05, 0.1) is 30.6 Å². The van der Waals surface area contributed by atoms with Gasteiger partial charge in [0, 0.05) is 12.1 Å². The van der Waals surface area contributed by atoms with Crippen LogP contribution in [0.25, 0.3) is 0 Å². The van der Waals surface area contributed by atoms with Crippen molar-refractivity contribution >= 4 is 40.3 Å². The SMILES string of the molecule is COc1cc(OC)c(NC(=S)Nc2ccc(F)cc2F)cc1Cl. The first-order chi connectivity index (χ1) is 10.9. The number of thiocarbonyl (C=S) groups is 1. The average molecular weight is 359 g/mol. The summed E-state index contributed by atoms with van der Waals surface area (Å²) in [6.07, 6.45) is 0. The minimum Gasteiger partial charge on any atom is -0.495 e. The number of benzene rings is 2. The van der Waals surface area contributed by atoms with Crippen molar-refractivity contribution in [3.63, 3.8) is 0 Å². The van der Waals surface area contributed by atoms with Crippen molar-refractivity contribution in [2.24, 2.45) is 0 Å². The molecule has 0 amide bonds. The Labute approximate surface area is 142 Å². The quantitative estimate of drug-likeness (QED) is 0.791. The summed E-state index contributed by atoms with van der Waals surface area (Å²) >= 11 is 11.2. The Hall–Kier alpha value is -2.12. The van der Waals surface area contributed by atoms with Crippen LogP contribution in [0.2, 0.25) is 5.02 Å². The lowest BCUT2D eigenvalue weighted by Gasteiger charge is -2.15. The zero-order valence-corrected chi connectivity index (χ0v) is 13.8. The normalized spacial score (nSPS) is 10.1. The van der Waals surface area contributed by atoms with Crippen LogP contribution in [0.1, 0.15) is 0 Å². The van der Waals surface area contributed by atoms with E-state index < -0.39 is 11.6 Å². The van der Waals surface area contributed by atoms with Crippen molar-refractivity contribution in [3.05, 3.63) is 47.0 Å². The lowest BCUT2D eigenvalue weighted by atomic mass is 10.2. The largest absolute Gasteiger partial charge is 0.495 e. The van der Waals surface area contributed by atoms with Gasteiger partial charge in [0.15, 0.2) is 5.11 Å².